The molecule has 0 saturated carbocycles. The third-order valence-corrected chi connectivity index (χ3v) is 4.85. The highest BCUT2D eigenvalue weighted by Gasteiger charge is 2.31. The standard InChI is InChI=1S/C18H31N3/c1-5-19-14-18(3,17-9-7-6-8-10-17)15-21-12-11-20(4)16(2)13-21/h6-10,16,19H,5,11-15H2,1-4H3. The van der Waals surface area contributed by atoms with E-state index < -0.39 is 0 Å². The van der Waals surface area contributed by atoms with Crippen LogP contribution < -0.4 is 5.32 Å². The summed E-state index contributed by atoms with van der Waals surface area (Å²) in [5.74, 6) is 0. The number of piperazine rings is 1. The molecule has 0 spiro atoms. The SMILES string of the molecule is CCNCC(C)(CN1CCN(C)C(C)C1)c1ccccc1. The molecule has 21 heavy (non-hydrogen) atoms. The monoisotopic (exact) mass is 289 g/mol. The zero-order chi connectivity index (χ0) is 15.3. The Hall–Kier alpha value is -0.900. The van der Waals surface area contributed by atoms with Crippen LogP contribution in [0.25, 0.3) is 0 Å². The molecular formula is C18H31N3. The molecule has 0 amide bonds. The molecule has 118 valence electrons. The number of nitrogens with one attached hydrogen (secondary N) is 1. The predicted octanol–water partition coefficient (Wildman–Crippen LogP) is 2.19. The highest BCUT2D eigenvalue weighted by atomic mass is 15.3. The van der Waals surface area contributed by atoms with Crippen LogP contribution in [0.5, 0.6) is 0 Å². The average Bonchev–Trinajstić information content (AvgIpc) is 2.50. The van der Waals surface area contributed by atoms with Gasteiger partial charge in [-0.25, -0.2) is 0 Å². The topological polar surface area (TPSA) is 18.5 Å². The Bertz CT molecular complexity index is 420. The second kappa shape index (κ2) is 7.39. The number of likely N-dealkylation sites (N-methyl/N-ethyl adjacent to an activating group) is 2. The third-order valence-electron chi connectivity index (χ3n) is 4.85. The van der Waals surface area contributed by atoms with Crippen LogP contribution in [0.1, 0.15) is 26.3 Å². The lowest BCUT2D eigenvalue weighted by Crippen LogP contribution is -2.54. The van der Waals surface area contributed by atoms with Crippen LogP contribution in [0.3, 0.4) is 0 Å². The van der Waals surface area contributed by atoms with Gasteiger partial charge in [-0.2, -0.15) is 0 Å². The van der Waals surface area contributed by atoms with Crippen molar-refractivity contribution < 1.29 is 0 Å². The van der Waals surface area contributed by atoms with Crippen LogP contribution in [-0.2, 0) is 5.41 Å². The van der Waals surface area contributed by atoms with E-state index in [2.05, 4.69) is 73.3 Å². The van der Waals surface area contributed by atoms with Crippen LogP contribution in [-0.4, -0.2) is 62.2 Å². The summed E-state index contributed by atoms with van der Waals surface area (Å²) in [6.07, 6.45) is 0. The molecular weight excluding hydrogens is 258 g/mol. The summed E-state index contributed by atoms with van der Waals surface area (Å²) in [6.45, 7) is 13.6. The third kappa shape index (κ3) is 4.29. The smallest absolute Gasteiger partial charge is 0.0192 e. The van der Waals surface area contributed by atoms with Gasteiger partial charge in [-0.3, -0.25) is 4.90 Å². The van der Waals surface area contributed by atoms with Gasteiger partial charge in [0.2, 0.25) is 0 Å². The van der Waals surface area contributed by atoms with E-state index in [-0.39, 0.29) is 5.41 Å². The van der Waals surface area contributed by atoms with Crippen molar-refractivity contribution in [3.05, 3.63) is 35.9 Å². The van der Waals surface area contributed by atoms with E-state index in [9.17, 15) is 0 Å². The van der Waals surface area contributed by atoms with Crippen LogP contribution in [0.15, 0.2) is 30.3 Å². The van der Waals surface area contributed by atoms with Gasteiger partial charge in [0, 0.05) is 44.2 Å². The van der Waals surface area contributed by atoms with Crippen molar-refractivity contribution in [2.45, 2.75) is 32.2 Å². The lowest BCUT2D eigenvalue weighted by atomic mass is 9.81. The fourth-order valence-electron chi connectivity index (χ4n) is 3.25. The van der Waals surface area contributed by atoms with Crippen molar-refractivity contribution in [3.63, 3.8) is 0 Å². The van der Waals surface area contributed by atoms with Crippen molar-refractivity contribution in [1.82, 2.24) is 15.1 Å². The van der Waals surface area contributed by atoms with Crippen molar-refractivity contribution >= 4 is 0 Å². The molecule has 2 unspecified atom stereocenters. The van der Waals surface area contributed by atoms with Gasteiger partial charge in [0.05, 0.1) is 0 Å². The van der Waals surface area contributed by atoms with E-state index in [1.165, 1.54) is 25.2 Å². The Labute approximate surface area is 130 Å². The quantitative estimate of drug-likeness (QED) is 0.866. The van der Waals surface area contributed by atoms with Crippen molar-refractivity contribution in [1.29, 1.82) is 0 Å². The molecule has 1 fully saturated rings. The van der Waals surface area contributed by atoms with Gasteiger partial charge in [-0.05, 0) is 26.1 Å². The van der Waals surface area contributed by atoms with Crippen molar-refractivity contribution in [2.75, 3.05) is 46.3 Å². The number of nitrogens with zero attached hydrogens (tertiary/aromatic N) is 2. The molecule has 1 saturated heterocycles. The van der Waals surface area contributed by atoms with Gasteiger partial charge in [0.15, 0.2) is 0 Å². The number of rotatable bonds is 6. The van der Waals surface area contributed by atoms with Crippen LogP contribution in [0.2, 0.25) is 0 Å². The zero-order valence-electron chi connectivity index (χ0n) is 14.1. The summed E-state index contributed by atoms with van der Waals surface area (Å²) >= 11 is 0. The molecule has 0 radical (unpaired) electrons. The first-order valence-electron chi connectivity index (χ1n) is 8.24. The van der Waals surface area contributed by atoms with E-state index in [0.29, 0.717) is 6.04 Å². The minimum absolute atomic E-state index is 0.174. The van der Waals surface area contributed by atoms with Crippen LogP contribution in [0.4, 0.5) is 0 Å². The molecule has 0 bridgehead atoms. The highest BCUT2D eigenvalue weighted by molar-refractivity contribution is 5.25. The van der Waals surface area contributed by atoms with E-state index in [0.717, 1.165) is 19.6 Å². The first-order chi connectivity index (χ1) is 10.0. The molecule has 3 nitrogen and oxygen atoms in total. The summed E-state index contributed by atoms with van der Waals surface area (Å²) in [5.41, 5.74) is 1.62. The first-order valence-corrected chi connectivity index (χ1v) is 8.24. The lowest BCUT2D eigenvalue weighted by molar-refractivity contribution is 0.0872. The summed E-state index contributed by atoms with van der Waals surface area (Å²) in [6, 6.07) is 11.6. The number of benzene rings is 1. The van der Waals surface area contributed by atoms with Gasteiger partial charge in [0.1, 0.15) is 0 Å². The summed E-state index contributed by atoms with van der Waals surface area (Å²) in [5, 5.41) is 3.56. The maximum atomic E-state index is 3.56. The summed E-state index contributed by atoms with van der Waals surface area (Å²) in [7, 11) is 2.23. The Morgan fingerprint density at radius 1 is 1.24 bits per heavy atom. The Morgan fingerprint density at radius 3 is 2.57 bits per heavy atom. The molecule has 2 rings (SSSR count). The fourth-order valence-corrected chi connectivity index (χ4v) is 3.25. The summed E-state index contributed by atoms with van der Waals surface area (Å²) < 4.78 is 0. The van der Waals surface area contributed by atoms with Crippen molar-refractivity contribution in [2.24, 2.45) is 0 Å². The van der Waals surface area contributed by atoms with Gasteiger partial charge in [-0.15, -0.1) is 0 Å². The summed E-state index contributed by atoms with van der Waals surface area (Å²) in [4.78, 5) is 5.09. The average molecular weight is 289 g/mol. The van der Waals surface area contributed by atoms with Gasteiger partial charge in [0.25, 0.3) is 0 Å². The first kappa shape index (κ1) is 16.5. The van der Waals surface area contributed by atoms with E-state index >= 15 is 0 Å². The fraction of sp³-hybridized carbons (Fsp3) is 0.667. The Morgan fingerprint density at radius 2 is 1.95 bits per heavy atom. The largest absolute Gasteiger partial charge is 0.316 e. The molecule has 1 heterocycles. The second-order valence-corrected chi connectivity index (χ2v) is 6.77. The Kier molecular flexibility index (Phi) is 5.80. The van der Waals surface area contributed by atoms with Gasteiger partial charge in [-0.1, -0.05) is 44.2 Å². The molecule has 0 aliphatic carbocycles. The number of hydrogen-bond donors (Lipinski definition) is 1. The lowest BCUT2D eigenvalue weighted by Gasteiger charge is -2.42. The van der Waals surface area contributed by atoms with E-state index in [4.69, 9.17) is 0 Å². The number of hydrogen-bond acceptors (Lipinski definition) is 3. The van der Waals surface area contributed by atoms with Crippen LogP contribution >= 0.6 is 0 Å². The molecule has 1 aliphatic rings. The van der Waals surface area contributed by atoms with Gasteiger partial charge >= 0.3 is 0 Å². The molecule has 1 aliphatic heterocycles. The van der Waals surface area contributed by atoms with E-state index in [1.54, 1.807) is 0 Å². The molecule has 3 heteroatoms. The van der Waals surface area contributed by atoms with Crippen molar-refractivity contribution in [3.8, 4) is 0 Å². The second-order valence-electron chi connectivity index (χ2n) is 6.77. The normalized spacial score (nSPS) is 23.9. The van der Waals surface area contributed by atoms with E-state index in [1.807, 2.05) is 0 Å². The molecule has 1 aromatic carbocycles. The van der Waals surface area contributed by atoms with Gasteiger partial charge < -0.3 is 10.2 Å². The predicted molar refractivity (Wildman–Crippen MR) is 90.9 cm³/mol. The molecule has 1 N–H and O–H groups in total. The minimum Gasteiger partial charge on any atom is -0.316 e. The maximum absolute atomic E-state index is 3.56. The highest BCUT2D eigenvalue weighted by Crippen LogP contribution is 2.25. The Balaban J connectivity index is 2.09. The molecule has 2 atom stereocenters. The minimum atomic E-state index is 0.174. The maximum Gasteiger partial charge on any atom is 0.0192 e. The molecule has 1 aromatic rings. The van der Waals surface area contributed by atoms with Crippen LogP contribution in [0, 0.1) is 0 Å². The zero-order valence-corrected chi connectivity index (χ0v) is 14.1. The molecule has 0 aromatic heterocycles.